The van der Waals surface area contributed by atoms with Crippen molar-refractivity contribution in [3.05, 3.63) is 23.9 Å². The Bertz CT molecular complexity index is 522. The van der Waals surface area contributed by atoms with E-state index in [1.54, 1.807) is 12.3 Å². The summed E-state index contributed by atoms with van der Waals surface area (Å²) in [6, 6.07) is 3.67. The highest BCUT2D eigenvalue weighted by molar-refractivity contribution is 14.0. The molecule has 0 radical (unpaired) electrons. The van der Waals surface area contributed by atoms with Crippen LogP contribution in [0, 0.1) is 19.3 Å². The zero-order chi connectivity index (χ0) is 15.5. The van der Waals surface area contributed by atoms with E-state index in [4.69, 9.17) is 6.42 Å². The Morgan fingerprint density at radius 3 is 2.77 bits per heavy atom. The van der Waals surface area contributed by atoms with Gasteiger partial charge in [0.1, 0.15) is 5.82 Å². The van der Waals surface area contributed by atoms with Crippen molar-refractivity contribution in [1.29, 1.82) is 0 Å². The molecule has 0 aliphatic heterocycles. The summed E-state index contributed by atoms with van der Waals surface area (Å²) >= 11 is 0. The van der Waals surface area contributed by atoms with E-state index in [-0.39, 0.29) is 36.3 Å². The molecule has 120 valence electrons. The lowest BCUT2D eigenvalue weighted by Gasteiger charge is -2.08. The van der Waals surface area contributed by atoms with Gasteiger partial charge < -0.3 is 16.0 Å². The second-order valence-corrected chi connectivity index (χ2v) is 4.34. The first kappa shape index (κ1) is 20.2. The van der Waals surface area contributed by atoms with E-state index >= 15 is 0 Å². The van der Waals surface area contributed by atoms with Crippen LogP contribution in [-0.4, -0.2) is 36.5 Å². The van der Waals surface area contributed by atoms with Crippen molar-refractivity contribution in [2.45, 2.75) is 20.3 Å². The number of aliphatic imine (C=N–C) groups is 1. The summed E-state index contributed by atoms with van der Waals surface area (Å²) in [6.07, 6.45) is 7.17. The predicted octanol–water partition coefficient (Wildman–Crippen LogP) is 1.52. The minimum Gasteiger partial charge on any atom is -0.357 e. The molecular weight excluding hydrogens is 393 g/mol. The quantitative estimate of drug-likeness (QED) is 0.285. The minimum atomic E-state index is -0.122. The molecule has 0 bridgehead atoms. The standard InChI is InChI=1S/C15H21N5O.HI/c1-4-9-17-15(16-5-2)18-10-8-14(21)20-13-7-6-12(3)11-19-13;/h1,6-7,11H,5,8-10H2,2-3H3,(H2,16,17,18)(H,19,20,21);1H. The van der Waals surface area contributed by atoms with E-state index in [0.717, 1.165) is 12.1 Å². The zero-order valence-electron chi connectivity index (χ0n) is 12.8. The number of aromatic nitrogens is 1. The Balaban J connectivity index is 0.00000441. The van der Waals surface area contributed by atoms with Gasteiger partial charge in [-0.1, -0.05) is 12.0 Å². The highest BCUT2D eigenvalue weighted by Crippen LogP contribution is 2.04. The van der Waals surface area contributed by atoms with Crippen LogP contribution in [0.25, 0.3) is 0 Å². The first-order valence-electron chi connectivity index (χ1n) is 6.84. The van der Waals surface area contributed by atoms with Crippen molar-refractivity contribution in [2.75, 3.05) is 25.0 Å². The molecule has 22 heavy (non-hydrogen) atoms. The molecule has 0 aromatic carbocycles. The van der Waals surface area contributed by atoms with Gasteiger partial charge in [-0.15, -0.1) is 30.4 Å². The fraction of sp³-hybridized carbons (Fsp3) is 0.400. The van der Waals surface area contributed by atoms with E-state index in [9.17, 15) is 4.79 Å². The van der Waals surface area contributed by atoms with Gasteiger partial charge in [-0.05, 0) is 25.5 Å². The van der Waals surface area contributed by atoms with Crippen LogP contribution < -0.4 is 16.0 Å². The Morgan fingerprint density at radius 1 is 1.41 bits per heavy atom. The molecule has 0 aliphatic rings. The number of nitrogens with zero attached hydrogens (tertiary/aromatic N) is 2. The molecule has 0 saturated carbocycles. The summed E-state index contributed by atoms with van der Waals surface area (Å²) < 4.78 is 0. The number of terminal acetylenes is 1. The van der Waals surface area contributed by atoms with Gasteiger partial charge in [0.15, 0.2) is 5.96 Å². The number of nitrogens with one attached hydrogen (secondary N) is 3. The van der Waals surface area contributed by atoms with Crippen molar-refractivity contribution in [1.82, 2.24) is 15.6 Å². The summed E-state index contributed by atoms with van der Waals surface area (Å²) in [5.41, 5.74) is 1.05. The molecule has 7 heteroatoms. The van der Waals surface area contributed by atoms with Crippen LogP contribution >= 0.6 is 24.0 Å². The van der Waals surface area contributed by atoms with Gasteiger partial charge in [0, 0.05) is 19.2 Å². The number of rotatable bonds is 6. The average Bonchev–Trinajstić information content (AvgIpc) is 2.47. The molecule has 0 aliphatic carbocycles. The fourth-order valence-corrected chi connectivity index (χ4v) is 1.49. The molecule has 1 heterocycles. The van der Waals surface area contributed by atoms with Crippen LogP contribution in [0.5, 0.6) is 0 Å². The summed E-state index contributed by atoms with van der Waals surface area (Å²) in [6.45, 7) is 5.40. The van der Waals surface area contributed by atoms with E-state index in [1.807, 2.05) is 19.9 Å². The largest absolute Gasteiger partial charge is 0.357 e. The van der Waals surface area contributed by atoms with Gasteiger partial charge in [-0.3, -0.25) is 9.79 Å². The van der Waals surface area contributed by atoms with Crippen LogP contribution in [0.15, 0.2) is 23.3 Å². The SMILES string of the molecule is C#CCNC(=NCCC(=O)Nc1ccc(C)cn1)NCC.I. The predicted molar refractivity (Wildman–Crippen MR) is 100 cm³/mol. The Morgan fingerprint density at radius 2 is 2.18 bits per heavy atom. The van der Waals surface area contributed by atoms with Gasteiger partial charge >= 0.3 is 0 Å². The second-order valence-electron chi connectivity index (χ2n) is 4.34. The van der Waals surface area contributed by atoms with Crippen molar-refractivity contribution in [2.24, 2.45) is 4.99 Å². The number of carbonyl (C=O) groups is 1. The molecule has 0 atom stereocenters. The number of aryl methyl sites for hydroxylation is 1. The Hall–Kier alpha value is -1.82. The summed E-state index contributed by atoms with van der Waals surface area (Å²) in [4.78, 5) is 20.1. The van der Waals surface area contributed by atoms with Crippen molar-refractivity contribution < 1.29 is 4.79 Å². The number of guanidine groups is 1. The third kappa shape index (κ3) is 8.46. The van der Waals surface area contributed by atoms with Crippen LogP contribution in [0.1, 0.15) is 18.9 Å². The first-order chi connectivity index (χ1) is 10.2. The van der Waals surface area contributed by atoms with Gasteiger partial charge in [-0.2, -0.15) is 0 Å². The molecule has 0 spiro atoms. The second kappa shape index (κ2) is 11.8. The molecular formula is C15H22IN5O. The van der Waals surface area contributed by atoms with Crippen molar-refractivity contribution >= 4 is 41.7 Å². The van der Waals surface area contributed by atoms with Crippen molar-refractivity contribution in [3.8, 4) is 12.3 Å². The third-order valence-corrected chi connectivity index (χ3v) is 2.49. The molecule has 1 aromatic heterocycles. The summed E-state index contributed by atoms with van der Waals surface area (Å²) in [5, 5.41) is 8.73. The number of amides is 1. The summed E-state index contributed by atoms with van der Waals surface area (Å²) in [5.74, 6) is 3.51. The van der Waals surface area contributed by atoms with E-state index < -0.39 is 0 Å². The van der Waals surface area contributed by atoms with E-state index in [2.05, 4.69) is 31.8 Å². The highest BCUT2D eigenvalue weighted by Gasteiger charge is 2.03. The topological polar surface area (TPSA) is 78.4 Å². The number of halogens is 1. The van der Waals surface area contributed by atoms with Crippen LogP contribution in [-0.2, 0) is 4.79 Å². The molecule has 6 nitrogen and oxygen atoms in total. The fourth-order valence-electron chi connectivity index (χ4n) is 1.49. The molecule has 1 aromatic rings. The van der Waals surface area contributed by atoms with Gasteiger partial charge in [0.2, 0.25) is 5.91 Å². The number of carbonyl (C=O) groups excluding carboxylic acids is 1. The lowest BCUT2D eigenvalue weighted by molar-refractivity contribution is -0.116. The number of pyridine rings is 1. The first-order valence-corrected chi connectivity index (χ1v) is 6.84. The maximum atomic E-state index is 11.8. The summed E-state index contributed by atoms with van der Waals surface area (Å²) in [7, 11) is 0. The van der Waals surface area contributed by atoms with Crippen LogP contribution in [0.2, 0.25) is 0 Å². The number of hydrogen-bond acceptors (Lipinski definition) is 3. The Kier molecular flexibility index (Phi) is 10.8. The smallest absolute Gasteiger partial charge is 0.227 e. The number of anilines is 1. The maximum absolute atomic E-state index is 11.8. The van der Waals surface area contributed by atoms with Gasteiger partial charge in [-0.25, -0.2) is 4.98 Å². The maximum Gasteiger partial charge on any atom is 0.227 e. The van der Waals surface area contributed by atoms with Gasteiger partial charge in [0.05, 0.1) is 13.1 Å². The lowest BCUT2D eigenvalue weighted by atomic mass is 10.3. The Labute approximate surface area is 148 Å². The lowest BCUT2D eigenvalue weighted by Crippen LogP contribution is -2.37. The van der Waals surface area contributed by atoms with Crippen molar-refractivity contribution in [3.63, 3.8) is 0 Å². The normalized spacial score (nSPS) is 10.1. The molecule has 0 unspecified atom stereocenters. The monoisotopic (exact) mass is 415 g/mol. The molecule has 3 N–H and O–H groups in total. The van der Waals surface area contributed by atoms with Crippen LogP contribution in [0.4, 0.5) is 5.82 Å². The highest BCUT2D eigenvalue weighted by atomic mass is 127. The number of hydrogen-bond donors (Lipinski definition) is 3. The van der Waals surface area contributed by atoms with Gasteiger partial charge in [0.25, 0.3) is 0 Å². The minimum absolute atomic E-state index is 0. The zero-order valence-corrected chi connectivity index (χ0v) is 15.2. The third-order valence-electron chi connectivity index (χ3n) is 2.49. The molecule has 1 amide bonds. The molecule has 0 fully saturated rings. The van der Waals surface area contributed by atoms with E-state index in [1.165, 1.54) is 0 Å². The van der Waals surface area contributed by atoms with E-state index in [0.29, 0.717) is 24.9 Å². The molecule has 0 saturated heterocycles. The molecule has 1 rings (SSSR count). The average molecular weight is 415 g/mol. The van der Waals surface area contributed by atoms with Crippen LogP contribution in [0.3, 0.4) is 0 Å².